The maximum Gasteiger partial charge on any atom is 0.224 e. The summed E-state index contributed by atoms with van der Waals surface area (Å²) in [6.45, 7) is 2.81. The van der Waals surface area contributed by atoms with Crippen LogP contribution in [-0.4, -0.2) is 24.5 Å². The summed E-state index contributed by atoms with van der Waals surface area (Å²) < 4.78 is 0. The van der Waals surface area contributed by atoms with Gasteiger partial charge in [0.2, 0.25) is 5.91 Å². The van der Waals surface area contributed by atoms with Crippen molar-refractivity contribution in [1.82, 2.24) is 10.3 Å². The smallest absolute Gasteiger partial charge is 0.224 e. The van der Waals surface area contributed by atoms with Gasteiger partial charge in [-0.2, -0.15) is 0 Å². The second-order valence-electron chi connectivity index (χ2n) is 3.51. The van der Waals surface area contributed by atoms with E-state index in [0.29, 0.717) is 6.42 Å². The fraction of sp³-hybridized carbons (Fsp3) is 0.455. The van der Waals surface area contributed by atoms with Gasteiger partial charge in [-0.1, -0.05) is 0 Å². The van der Waals surface area contributed by atoms with E-state index in [1.54, 1.807) is 12.4 Å². The molecule has 0 fully saturated rings. The van der Waals surface area contributed by atoms with E-state index in [1.807, 2.05) is 20.0 Å². The van der Waals surface area contributed by atoms with E-state index in [1.165, 1.54) is 0 Å². The first kappa shape index (κ1) is 18.5. The number of nitrogens with zero attached hydrogens (tertiary/aromatic N) is 1. The molecule has 0 aliphatic carbocycles. The molecule has 2 N–H and O–H groups in total. The van der Waals surface area contributed by atoms with E-state index in [2.05, 4.69) is 15.6 Å². The fourth-order valence-corrected chi connectivity index (χ4v) is 1.27. The van der Waals surface area contributed by atoms with E-state index < -0.39 is 0 Å². The highest BCUT2D eigenvalue weighted by molar-refractivity contribution is 5.90. The van der Waals surface area contributed by atoms with Crippen molar-refractivity contribution >= 4 is 36.4 Å². The fourth-order valence-electron chi connectivity index (χ4n) is 1.27. The summed E-state index contributed by atoms with van der Waals surface area (Å²) in [5.41, 5.74) is 1.81. The van der Waals surface area contributed by atoms with Gasteiger partial charge in [-0.15, -0.1) is 24.8 Å². The van der Waals surface area contributed by atoms with E-state index in [9.17, 15) is 4.79 Å². The minimum atomic E-state index is 0. The Kier molecular flexibility index (Phi) is 11.2. The summed E-state index contributed by atoms with van der Waals surface area (Å²) in [6, 6.07) is 1.91. The van der Waals surface area contributed by atoms with Gasteiger partial charge in [-0.25, -0.2) is 0 Å². The van der Waals surface area contributed by atoms with Crippen LogP contribution in [0.2, 0.25) is 0 Å². The van der Waals surface area contributed by atoms with Gasteiger partial charge < -0.3 is 10.6 Å². The highest BCUT2D eigenvalue weighted by Gasteiger charge is 2.01. The monoisotopic (exact) mass is 279 g/mol. The van der Waals surface area contributed by atoms with Gasteiger partial charge in [0.05, 0.1) is 11.9 Å². The van der Waals surface area contributed by atoms with Crippen molar-refractivity contribution in [2.75, 3.05) is 18.9 Å². The molecular formula is C11H19Cl2N3O. The Morgan fingerprint density at radius 2 is 2.06 bits per heavy atom. The van der Waals surface area contributed by atoms with E-state index >= 15 is 0 Å². The maximum atomic E-state index is 11.4. The van der Waals surface area contributed by atoms with Gasteiger partial charge in [0.15, 0.2) is 0 Å². The van der Waals surface area contributed by atoms with Crippen LogP contribution in [0.25, 0.3) is 0 Å². The second kappa shape index (κ2) is 10.3. The van der Waals surface area contributed by atoms with Crippen LogP contribution < -0.4 is 10.6 Å². The third kappa shape index (κ3) is 7.96. The number of aromatic nitrogens is 1. The summed E-state index contributed by atoms with van der Waals surface area (Å²) in [5.74, 6) is 0.0395. The molecule has 17 heavy (non-hydrogen) atoms. The average molecular weight is 280 g/mol. The van der Waals surface area contributed by atoms with E-state index in [4.69, 9.17) is 0 Å². The predicted molar refractivity (Wildman–Crippen MR) is 75.3 cm³/mol. The van der Waals surface area contributed by atoms with Crippen LogP contribution in [0.1, 0.15) is 18.4 Å². The number of rotatable bonds is 5. The van der Waals surface area contributed by atoms with E-state index in [0.717, 1.165) is 24.2 Å². The molecule has 0 aromatic carbocycles. The lowest BCUT2D eigenvalue weighted by atomic mass is 10.2. The highest BCUT2D eigenvalue weighted by Crippen LogP contribution is 2.07. The third-order valence-electron chi connectivity index (χ3n) is 1.99. The molecule has 0 saturated heterocycles. The summed E-state index contributed by atoms with van der Waals surface area (Å²) >= 11 is 0. The lowest BCUT2D eigenvalue weighted by Crippen LogP contribution is -2.15. The lowest BCUT2D eigenvalue weighted by molar-refractivity contribution is -0.116. The quantitative estimate of drug-likeness (QED) is 0.813. The van der Waals surface area contributed by atoms with Crippen molar-refractivity contribution in [2.24, 2.45) is 0 Å². The zero-order valence-corrected chi connectivity index (χ0v) is 11.7. The van der Waals surface area contributed by atoms with Crippen molar-refractivity contribution in [3.8, 4) is 0 Å². The molecule has 0 spiro atoms. The Balaban J connectivity index is 0. The molecule has 0 aliphatic heterocycles. The molecule has 0 bridgehead atoms. The number of pyridine rings is 1. The first-order valence-corrected chi connectivity index (χ1v) is 5.08. The maximum absolute atomic E-state index is 11.4. The number of halogens is 2. The van der Waals surface area contributed by atoms with Crippen LogP contribution in [0.3, 0.4) is 0 Å². The molecule has 1 amide bonds. The molecule has 0 radical (unpaired) electrons. The SMILES string of the molecule is CNCCCC(=O)Nc1cncc(C)c1.Cl.Cl. The number of nitrogens with one attached hydrogen (secondary N) is 2. The van der Waals surface area contributed by atoms with Crippen LogP contribution >= 0.6 is 24.8 Å². The number of hydrogen-bond acceptors (Lipinski definition) is 3. The van der Waals surface area contributed by atoms with Crippen molar-refractivity contribution in [2.45, 2.75) is 19.8 Å². The average Bonchev–Trinajstić information content (AvgIpc) is 2.18. The number of carbonyl (C=O) groups excluding carboxylic acids is 1. The summed E-state index contributed by atoms with van der Waals surface area (Å²) in [4.78, 5) is 15.4. The van der Waals surface area contributed by atoms with E-state index in [-0.39, 0.29) is 30.7 Å². The van der Waals surface area contributed by atoms with Crippen molar-refractivity contribution < 1.29 is 4.79 Å². The Morgan fingerprint density at radius 1 is 1.35 bits per heavy atom. The molecule has 0 unspecified atom stereocenters. The summed E-state index contributed by atoms with van der Waals surface area (Å²) in [6.07, 6.45) is 4.80. The minimum Gasteiger partial charge on any atom is -0.325 e. The van der Waals surface area contributed by atoms with Crippen LogP contribution in [0.15, 0.2) is 18.5 Å². The van der Waals surface area contributed by atoms with Crippen molar-refractivity contribution in [3.63, 3.8) is 0 Å². The molecule has 0 saturated carbocycles. The van der Waals surface area contributed by atoms with Crippen LogP contribution in [0.5, 0.6) is 0 Å². The molecule has 1 rings (SSSR count). The first-order chi connectivity index (χ1) is 7.22. The number of hydrogen-bond donors (Lipinski definition) is 2. The van der Waals surface area contributed by atoms with Crippen LogP contribution in [0, 0.1) is 6.92 Å². The summed E-state index contributed by atoms with van der Waals surface area (Å²) in [7, 11) is 1.88. The standard InChI is InChI=1S/C11H17N3O.2ClH/c1-9-6-10(8-13-7-9)14-11(15)4-3-5-12-2;;/h6-8,12H,3-5H2,1-2H3,(H,14,15);2*1H. The van der Waals surface area contributed by atoms with Gasteiger partial charge in [0.25, 0.3) is 0 Å². The lowest BCUT2D eigenvalue weighted by Gasteiger charge is -2.05. The first-order valence-electron chi connectivity index (χ1n) is 5.08. The molecule has 98 valence electrons. The van der Waals surface area contributed by atoms with Crippen molar-refractivity contribution in [1.29, 1.82) is 0 Å². The molecule has 0 atom stereocenters. The molecule has 4 nitrogen and oxygen atoms in total. The normalized spacial score (nSPS) is 8.82. The predicted octanol–water partition coefficient (Wildman–Crippen LogP) is 2.17. The Labute approximate surface area is 114 Å². The zero-order chi connectivity index (χ0) is 11.1. The number of aryl methyl sites for hydroxylation is 1. The van der Waals surface area contributed by atoms with Gasteiger partial charge in [0, 0.05) is 12.6 Å². The van der Waals surface area contributed by atoms with Crippen molar-refractivity contribution in [3.05, 3.63) is 24.0 Å². The molecule has 1 aromatic rings. The molecule has 6 heteroatoms. The Morgan fingerprint density at radius 3 is 2.65 bits per heavy atom. The molecular weight excluding hydrogens is 261 g/mol. The van der Waals surface area contributed by atoms with Gasteiger partial charge in [-0.3, -0.25) is 9.78 Å². The third-order valence-corrected chi connectivity index (χ3v) is 1.99. The minimum absolute atomic E-state index is 0. The van der Waals surface area contributed by atoms with Gasteiger partial charge in [0.1, 0.15) is 0 Å². The van der Waals surface area contributed by atoms with Gasteiger partial charge in [-0.05, 0) is 38.6 Å². The topological polar surface area (TPSA) is 54.0 Å². The number of amides is 1. The van der Waals surface area contributed by atoms with Crippen LogP contribution in [-0.2, 0) is 4.79 Å². The number of anilines is 1. The highest BCUT2D eigenvalue weighted by atomic mass is 35.5. The second-order valence-corrected chi connectivity index (χ2v) is 3.51. The van der Waals surface area contributed by atoms with Gasteiger partial charge >= 0.3 is 0 Å². The largest absolute Gasteiger partial charge is 0.325 e. The molecule has 1 heterocycles. The van der Waals surface area contributed by atoms with Crippen LogP contribution in [0.4, 0.5) is 5.69 Å². The number of carbonyl (C=O) groups is 1. The Hall–Kier alpha value is -0.840. The zero-order valence-electron chi connectivity index (χ0n) is 10.0. The molecule has 1 aromatic heterocycles. The Bertz CT molecular complexity index is 334. The summed E-state index contributed by atoms with van der Waals surface area (Å²) in [5, 5.41) is 5.82. The molecule has 0 aliphatic rings.